The molecular weight excluding hydrogens is 354 g/mol. The van der Waals surface area contributed by atoms with Gasteiger partial charge in [0.15, 0.2) is 11.0 Å². The summed E-state index contributed by atoms with van der Waals surface area (Å²) in [5, 5.41) is 11.9. The van der Waals surface area contributed by atoms with Crippen LogP contribution in [0, 0.1) is 5.92 Å². The van der Waals surface area contributed by atoms with E-state index in [1.165, 1.54) is 11.8 Å². The third kappa shape index (κ3) is 4.75. The molecule has 3 N–H and O–H groups in total. The minimum Gasteiger partial charge on any atom is -0.497 e. The van der Waals surface area contributed by atoms with Crippen molar-refractivity contribution in [3.05, 3.63) is 35.7 Å². The maximum Gasteiger partial charge on any atom is 0.251 e. The molecule has 0 saturated carbocycles. The Balaban J connectivity index is 2.18. The number of thioether (sulfide) groups is 1. The first-order valence-corrected chi connectivity index (χ1v) is 9.07. The lowest BCUT2D eigenvalue weighted by Gasteiger charge is -2.21. The molecule has 0 unspecified atom stereocenters. The van der Waals surface area contributed by atoms with Gasteiger partial charge in [-0.15, -0.1) is 10.2 Å². The molecule has 1 aromatic carbocycles. The Hall–Kier alpha value is -2.55. The van der Waals surface area contributed by atoms with E-state index in [1.54, 1.807) is 43.0 Å². The second-order valence-corrected chi connectivity index (χ2v) is 7.02. The molecule has 0 spiro atoms. The molecule has 0 fully saturated rings. The molecule has 2 rings (SSSR count). The third-order valence-electron chi connectivity index (χ3n) is 3.80. The zero-order valence-corrected chi connectivity index (χ0v) is 16.0. The molecule has 0 aliphatic carbocycles. The zero-order chi connectivity index (χ0) is 19.3. The highest BCUT2D eigenvalue weighted by molar-refractivity contribution is 7.99. The number of carbonyl (C=O) groups is 2. The molecule has 2 amide bonds. The number of carbonyl (C=O) groups excluding carboxylic acids is 2. The average molecular weight is 377 g/mol. The number of nitrogens with zero attached hydrogens (tertiary/aromatic N) is 3. The van der Waals surface area contributed by atoms with Gasteiger partial charge in [-0.05, 0) is 30.2 Å². The molecule has 1 atom stereocenters. The van der Waals surface area contributed by atoms with Crippen LogP contribution in [0.5, 0.6) is 5.75 Å². The fourth-order valence-electron chi connectivity index (χ4n) is 2.35. The van der Waals surface area contributed by atoms with Crippen LogP contribution in [0.2, 0.25) is 0 Å². The SMILES string of the molecule is COc1ccc(C(=O)N[C@@H](c2nnc(SCC(N)=O)n2C)C(C)C)cc1. The maximum atomic E-state index is 12.6. The first kappa shape index (κ1) is 19.8. The van der Waals surface area contributed by atoms with Crippen molar-refractivity contribution in [2.75, 3.05) is 12.9 Å². The van der Waals surface area contributed by atoms with E-state index >= 15 is 0 Å². The Morgan fingerprint density at radius 1 is 1.27 bits per heavy atom. The van der Waals surface area contributed by atoms with E-state index in [4.69, 9.17) is 10.5 Å². The van der Waals surface area contributed by atoms with Crippen molar-refractivity contribution in [2.45, 2.75) is 25.0 Å². The summed E-state index contributed by atoms with van der Waals surface area (Å²) < 4.78 is 6.88. The van der Waals surface area contributed by atoms with E-state index in [2.05, 4.69) is 15.5 Å². The predicted molar refractivity (Wildman–Crippen MR) is 99.0 cm³/mol. The topological polar surface area (TPSA) is 112 Å². The molecule has 0 bridgehead atoms. The highest BCUT2D eigenvalue weighted by Gasteiger charge is 2.25. The van der Waals surface area contributed by atoms with Gasteiger partial charge in [0, 0.05) is 12.6 Å². The number of primary amides is 1. The van der Waals surface area contributed by atoms with Crippen molar-refractivity contribution in [2.24, 2.45) is 18.7 Å². The summed E-state index contributed by atoms with van der Waals surface area (Å²) in [6.45, 7) is 3.98. The second-order valence-electron chi connectivity index (χ2n) is 6.08. The average Bonchev–Trinajstić information content (AvgIpc) is 2.97. The molecule has 0 saturated heterocycles. The van der Waals surface area contributed by atoms with Crippen LogP contribution in [-0.2, 0) is 11.8 Å². The number of nitrogens with one attached hydrogen (secondary N) is 1. The summed E-state index contributed by atoms with van der Waals surface area (Å²) in [5.74, 6) is 0.888. The number of amides is 2. The molecule has 1 heterocycles. The van der Waals surface area contributed by atoms with Crippen LogP contribution in [0.15, 0.2) is 29.4 Å². The monoisotopic (exact) mass is 377 g/mol. The van der Waals surface area contributed by atoms with Gasteiger partial charge < -0.3 is 20.4 Å². The molecule has 8 nitrogen and oxygen atoms in total. The van der Waals surface area contributed by atoms with Gasteiger partial charge in [-0.2, -0.15) is 0 Å². The number of ether oxygens (including phenoxy) is 1. The van der Waals surface area contributed by atoms with Crippen LogP contribution < -0.4 is 15.8 Å². The van der Waals surface area contributed by atoms with E-state index in [0.29, 0.717) is 22.3 Å². The Morgan fingerprint density at radius 3 is 2.46 bits per heavy atom. The van der Waals surface area contributed by atoms with E-state index in [1.807, 2.05) is 13.8 Å². The van der Waals surface area contributed by atoms with Crippen molar-refractivity contribution >= 4 is 23.6 Å². The lowest BCUT2D eigenvalue weighted by Crippen LogP contribution is -2.33. The molecule has 26 heavy (non-hydrogen) atoms. The van der Waals surface area contributed by atoms with Crippen LogP contribution in [0.25, 0.3) is 0 Å². The summed E-state index contributed by atoms with van der Waals surface area (Å²) in [5.41, 5.74) is 5.70. The predicted octanol–water partition coefficient (Wildman–Crippen LogP) is 1.53. The van der Waals surface area contributed by atoms with Crippen LogP contribution in [0.3, 0.4) is 0 Å². The van der Waals surface area contributed by atoms with Crippen LogP contribution >= 0.6 is 11.8 Å². The molecule has 2 aromatic rings. The van der Waals surface area contributed by atoms with Gasteiger partial charge in [0.05, 0.1) is 18.9 Å². The molecule has 0 aliphatic heterocycles. The molecule has 0 aliphatic rings. The van der Waals surface area contributed by atoms with Crippen molar-refractivity contribution in [3.8, 4) is 5.75 Å². The number of hydrogen-bond donors (Lipinski definition) is 2. The van der Waals surface area contributed by atoms with Crippen LogP contribution in [0.1, 0.15) is 36.1 Å². The summed E-state index contributed by atoms with van der Waals surface area (Å²) >= 11 is 1.21. The summed E-state index contributed by atoms with van der Waals surface area (Å²) in [4.78, 5) is 23.5. The Bertz CT molecular complexity index is 773. The second kappa shape index (κ2) is 8.70. The lowest BCUT2D eigenvalue weighted by molar-refractivity contribution is -0.115. The number of hydrogen-bond acceptors (Lipinski definition) is 6. The first-order chi connectivity index (χ1) is 12.3. The van der Waals surface area contributed by atoms with Gasteiger partial charge in [-0.3, -0.25) is 9.59 Å². The fraction of sp³-hybridized carbons (Fsp3) is 0.412. The summed E-state index contributed by atoms with van der Waals surface area (Å²) in [6.07, 6.45) is 0. The molecule has 140 valence electrons. The van der Waals surface area contributed by atoms with Gasteiger partial charge in [0.25, 0.3) is 5.91 Å². The van der Waals surface area contributed by atoms with Gasteiger partial charge in [-0.1, -0.05) is 25.6 Å². The number of benzene rings is 1. The molecule has 1 aromatic heterocycles. The molecule has 0 radical (unpaired) electrons. The maximum absolute atomic E-state index is 12.6. The van der Waals surface area contributed by atoms with Gasteiger partial charge in [0.1, 0.15) is 5.75 Å². The Kier molecular flexibility index (Phi) is 6.62. The highest BCUT2D eigenvalue weighted by atomic mass is 32.2. The smallest absolute Gasteiger partial charge is 0.251 e. The Morgan fingerprint density at radius 2 is 1.92 bits per heavy atom. The zero-order valence-electron chi connectivity index (χ0n) is 15.2. The number of nitrogens with two attached hydrogens (primary N) is 1. The van der Waals surface area contributed by atoms with E-state index in [9.17, 15) is 9.59 Å². The van der Waals surface area contributed by atoms with Crippen molar-refractivity contribution < 1.29 is 14.3 Å². The summed E-state index contributed by atoms with van der Waals surface area (Å²) in [7, 11) is 3.37. The van der Waals surface area contributed by atoms with Gasteiger partial charge >= 0.3 is 0 Å². The van der Waals surface area contributed by atoms with Crippen LogP contribution in [-0.4, -0.2) is 39.4 Å². The van der Waals surface area contributed by atoms with Gasteiger partial charge in [-0.25, -0.2) is 0 Å². The molecule has 9 heteroatoms. The van der Waals surface area contributed by atoms with E-state index in [-0.39, 0.29) is 23.6 Å². The van der Waals surface area contributed by atoms with E-state index < -0.39 is 5.91 Å². The number of methoxy groups -OCH3 is 1. The van der Waals surface area contributed by atoms with Crippen molar-refractivity contribution in [1.82, 2.24) is 20.1 Å². The number of rotatable bonds is 8. The standard InChI is InChI=1S/C17H23N5O3S/c1-10(2)14(15-20-21-17(22(15)3)26-9-13(18)23)19-16(24)11-5-7-12(25-4)8-6-11/h5-8,10,14H,9H2,1-4H3,(H2,18,23)(H,19,24)/t14-/m1/s1. The van der Waals surface area contributed by atoms with Gasteiger partial charge in [0.2, 0.25) is 5.91 Å². The summed E-state index contributed by atoms with van der Waals surface area (Å²) in [6, 6.07) is 6.55. The largest absolute Gasteiger partial charge is 0.497 e. The van der Waals surface area contributed by atoms with Crippen molar-refractivity contribution in [3.63, 3.8) is 0 Å². The lowest BCUT2D eigenvalue weighted by atomic mass is 10.0. The van der Waals surface area contributed by atoms with Crippen LogP contribution in [0.4, 0.5) is 0 Å². The highest BCUT2D eigenvalue weighted by Crippen LogP contribution is 2.24. The number of aromatic nitrogens is 3. The molecular formula is C17H23N5O3S. The van der Waals surface area contributed by atoms with E-state index in [0.717, 1.165) is 0 Å². The quantitative estimate of drug-likeness (QED) is 0.675. The Labute approximate surface area is 156 Å². The fourth-order valence-corrected chi connectivity index (χ4v) is 3.01. The minimum absolute atomic E-state index is 0.0917. The normalized spacial score (nSPS) is 12.0. The first-order valence-electron chi connectivity index (χ1n) is 8.08. The van der Waals surface area contributed by atoms with Crippen molar-refractivity contribution in [1.29, 1.82) is 0 Å². The third-order valence-corrected chi connectivity index (χ3v) is 4.84. The minimum atomic E-state index is -0.423.